The van der Waals surface area contributed by atoms with Crippen molar-refractivity contribution in [3.8, 4) is 11.5 Å². The van der Waals surface area contributed by atoms with E-state index >= 15 is 0 Å². The maximum atomic E-state index is 12.0. The maximum Gasteiger partial charge on any atom is 0.277 e. The second-order valence-electron chi connectivity index (χ2n) is 6.93. The third kappa shape index (κ3) is 8.14. The molecule has 170 valence electrons. The van der Waals surface area contributed by atoms with Crippen molar-refractivity contribution < 1.29 is 19.1 Å². The number of hydrazone groups is 1. The Morgan fingerprint density at radius 3 is 2.30 bits per heavy atom. The lowest BCUT2D eigenvalue weighted by Crippen LogP contribution is -2.24. The van der Waals surface area contributed by atoms with E-state index in [-0.39, 0.29) is 19.1 Å². The number of nitrogens with one attached hydrogen (secondary N) is 2. The number of carbonyl (C=O) groups excluding carboxylic acids is 2. The molecule has 0 bridgehead atoms. The fourth-order valence-corrected chi connectivity index (χ4v) is 3.04. The van der Waals surface area contributed by atoms with Gasteiger partial charge in [-0.15, -0.1) is 0 Å². The summed E-state index contributed by atoms with van der Waals surface area (Å²) in [5.74, 6) is 0.179. The van der Waals surface area contributed by atoms with Crippen LogP contribution < -0.4 is 20.2 Å². The van der Waals surface area contributed by atoms with Crippen molar-refractivity contribution in [2.24, 2.45) is 5.10 Å². The topological polar surface area (TPSA) is 89.0 Å². The molecule has 0 heterocycles. The zero-order valence-corrected chi connectivity index (χ0v) is 19.2. The number of hydrogen-bond acceptors (Lipinski definition) is 5. The fraction of sp³-hybridized carbons (Fsp3) is 0.125. The molecule has 2 amide bonds. The van der Waals surface area contributed by atoms with Crippen LogP contribution in [0.2, 0.25) is 10.0 Å². The van der Waals surface area contributed by atoms with Crippen molar-refractivity contribution in [3.63, 3.8) is 0 Å². The first kappa shape index (κ1) is 24.1. The minimum absolute atomic E-state index is 0.116. The summed E-state index contributed by atoms with van der Waals surface area (Å²) in [6.45, 7) is 1.61. The zero-order valence-electron chi connectivity index (χ0n) is 17.7. The Kier molecular flexibility index (Phi) is 8.69. The van der Waals surface area contributed by atoms with E-state index < -0.39 is 5.91 Å². The van der Waals surface area contributed by atoms with Gasteiger partial charge in [0, 0.05) is 10.7 Å². The average Bonchev–Trinajstić information content (AvgIpc) is 2.79. The number of halogens is 2. The fourth-order valence-electron chi connectivity index (χ4n) is 2.58. The second kappa shape index (κ2) is 11.9. The molecule has 0 fully saturated rings. The molecule has 7 nitrogen and oxygen atoms in total. The second-order valence-corrected chi connectivity index (χ2v) is 7.77. The van der Waals surface area contributed by atoms with Gasteiger partial charge in [0.2, 0.25) is 0 Å². The van der Waals surface area contributed by atoms with Crippen molar-refractivity contribution in [1.82, 2.24) is 5.43 Å². The van der Waals surface area contributed by atoms with Crippen LogP contribution in [-0.4, -0.2) is 31.2 Å². The van der Waals surface area contributed by atoms with Gasteiger partial charge in [-0.25, -0.2) is 5.43 Å². The number of rotatable bonds is 9. The molecule has 0 saturated heterocycles. The number of nitrogens with zero attached hydrogens (tertiary/aromatic N) is 1. The van der Waals surface area contributed by atoms with Crippen molar-refractivity contribution in [2.45, 2.75) is 6.92 Å². The molecule has 3 rings (SSSR count). The van der Waals surface area contributed by atoms with Crippen LogP contribution in [0.4, 0.5) is 5.69 Å². The molecular weight excluding hydrogens is 465 g/mol. The van der Waals surface area contributed by atoms with Crippen LogP contribution in [0.1, 0.15) is 11.1 Å². The zero-order chi connectivity index (χ0) is 23.6. The van der Waals surface area contributed by atoms with Gasteiger partial charge in [0.25, 0.3) is 11.8 Å². The van der Waals surface area contributed by atoms with Crippen LogP contribution in [-0.2, 0) is 9.59 Å². The van der Waals surface area contributed by atoms with Gasteiger partial charge in [0.05, 0.1) is 11.2 Å². The molecule has 0 atom stereocenters. The molecule has 33 heavy (non-hydrogen) atoms. The number of ether oxygens (including phenoxy) is 2. The normalized spacial score (nSPS) is 10.6. The quantitative estimate of drug-likeness (QED) is 0.335. The standard InChI is InChI=1S/C24H21Cl2N3O4/c1-16-2-7-19(8-3-16)28-23(30)14-32-20-9-4-17(5-10-20)13-27-29-24(31)15-33-22-11-6-18(25)12-21(22)26/h2-13H,14-15H2,1H3,(H,28,30)(H,29,31)/b27-13-. The highest BCUT2D eigenvalue weighted by Crippen LogP contribution is 2.27. The maximum absolute atomic E-state index is 12.0. The van der Waals surface area contributed by atoms with E-state index in [1.807, 2.05) is 31.2 Å². The number of amides is 2. The smallest absolute Gasteiger partial charge is 0.277 e. The monoisotopic (exact) mass is 485 g/mol. The van der Waals surface area contributed by atoms with Crippen molar-refractivity contribution in [3.05, 3.63) is 87.9 Å². The highest BCUT2D eigenvalue weighted by Gasteiger charge is 2.06. The first-order valence-electron chi connectivity index (χ1n) is 9.88. The van der Waals surface area contributed by atoms with Gasteiger partial charge in [0.1, 0.15) is 11.5 Å². The molecule has 0 aromatic heterocycles. The number of anilines is 1. The van der Waals surface area contributed by atoms with Crippen LogP contribution in [0.5, 0.6) is 11.5 Å². The molecule has 0 aliphatic heterocycles. The molecule has 3 aromatic carbocycles. The SMILES string of the molecule is Cc1ccc(NC(=O)COc2ccc(/C=N\NC(=O)COc3ccc(Cl)cc3Cl)cc2)cc1. The van der Waals surface area contributed by atoms with E-state index in [1.165, 1.54) is 12.3 Å². The van der Waals surface area contributed by atoms with Gasteiger partial charge in [0.15, 0.2) is 13.2 Å². The number of carbonyl (C=O) groups is 2. The average molecular weight is 486 g/mol. The van der Waals surface area contributed by atoms with Crippen LogP contribution >= 0.6 is 23.2 Å². The summed E-state index contributed by atoms with van der Waals surface area (Å²) in [5.41, 5.74) is 4.92. The van der Waals surface area contributed by atoms with E-state index in [9.17, 15) is 9.59 Å². The molecule has 0 spiro atoms. The van der Waals surface area contributed by atoms with Gasteiger partial charge in [-0.2, -0.15) is 5.10 Å². The number of aryl methyl sites for hydroxylation is 1. The van der Waals surface area contributed by atoms with Crippen LogP contribution in [0.25, 0.3) is 0 Å². The molecule has 0 aliphatic rings. The number of benzene rings is 3. The van der Waals surface area contributed by atoms with Gasteiger partial charge >= 0.3 is 0 Å². The molecule has 2 N–H and O–H groups in total. The summed E-state index contributed by atoms with van der Waals surface area (Å²) in [6.07, 6.45) is 1.47. The third-order valence-corrected chi connectivity index (χ3v) is 4.77. The van der Waals surface area contributed by atoms with Gasteiger partial charge < -0.3 is 14.8 Å². The van der Waals surface area contributed by atoms with Crippen molar-refractivity contribution in [1.29, 1.82) is 0 Å². The molecule has 0 unspecified atom stereocenters. The Balaban J connectivity index is 1.39. The first-order chi connectivity index (χ1) is 15.9. The van der Waals surface area contributed by atoms with Gasteiger partial charge in [-0.05, 0) is 67.1 Å². The van der Waals surface area contributed by atoms with E-state index in [0.717, 1.165) is 11.1 Å². The van der Waals surface area contributed by atoms with Crippen LogP contribution in [0.15, 0.2) is 71.8 Å². The summed E-state index contributed by atoms with van der Waals surface area (Å²) in [4.78, 5) is 23.9. The summed E-state index contributed by atoms with van der Waals surface area (Å²) in [6, 6.07) is 19.1. The minimum atomic E-state index is -0.447. The number of hydrogen-bond donors (Lipinski definition) is 2. The molecule has 0 aliphatic carbocycles. The molecule has 0 saturated carbocycles. The Morgan fingerprint density at radius 2 is 1.61 bits per heavy atom. The summed E-state index contributed by atoms with van der Waals surface area (Å²) in [5, 5.41) is 7.44. The Bertz CT molecular complexity index is 1130. The Hall–Kier alpha value is -3.55. The largest absolute Gasteiger partial charge is 0.484 e. The molecule has 3 aromatic rings. The van der Waals surface area contributed by atoms with Crippen molar-refractivity contribution >= 4 is 46.9 Å². The Morgan fingerprint density at radius 1 is 0.909 bits per heavy atom. The third-order valence-electron chi connectivity index (χ3n) is 4.24. The lowest BCUT2D eigenvalue weighted by atomic mass is 10.2. The molecular formula is C24H21Cl2N3O4. The predicted octanol–water partition coefficient (Wildman–Crippen LogP) is 4.85. The minimum Gasteiger partial charge on any atom is -0.484 e. The van der Waals surface area contributed by atoms with Crippen molar-refractivity contribution in [2.75, 3.05) is 18.5 Å². The van der Waals surface area contributed by atoms with E-state index in [4.69, 9.17) is 32.7 Å². The van der Waals surface area contributed by atoms with E-state index in [2.05, 4.69) is 15.8 Å². The molecule has 0 radical (unpaired) electrons. The van der Waals surface area contributed by atoms with Gasteiger partial charge in [-0.3, -0.25) is 9.59 Å². The van der Waals surface area contributed by atoms with Gasteiger partial charge in [-0.1, -0.05) is 40.9 Å². The first-order valence-corrected chi connectivity index (χ1v) is 10.6. The Labute approximate surface area is 201 Å². The highest BCUT2D eigenvalue weighted by molar-refractivity contribution is 6.35. The van der Waals surface area contributed by atoms with Crippen LogP contribution in [0, 0.1) is 6.92 Å². The van der Waals surface area contributed by atoms with E-state index in [1.54, 1.807) is 36.4 Å². The molecule has 9 heteroatoms. The lowest BCUT2D eigenvalue weighted by Gasteiger charge is -2.08. The lowest BCUT2D eigenvalue weighted by molar-refractivity contribution is -0.123. The van der Waals surface area contributed by atoms with E-state index in [0.29, 0.717) is 27.2 Å². The van der Waals surface area contributed by atoms with Crippen LogP contribution in [0.3, 0.4) is 0 Å². The summed E-state index contributed by atoms with van der Waals surface area (Å²) >= 11 is 11.8. The predicted molar refractivity (Wildman–Crippen MR) is 129 cm³/mol. The summed E-state index contributed by atoms with van der Waals surface area (Å²) < 4.78 is 10.8. The highest BCUT2D eigenvalue weighted by atomic mass is 35.5. The summed E-state index contributed by atoms with van der Waals surface area (Å²) in [7, 11) is 0.